The summed E-state index contributed by atoms with van der Waals surface area (Å²) in [6, 6.07) is 3.86. The average molecular weight is 346 g/mol. The average Bonchev–Trinajstić information content (AvgIpc) is 3.18. The van der Waals surface area contributed by atoms with Crippen LogP contribution in [0.2, 0.25) is 0 Å². The minimum Gasteiger partial charge on any atom is -0.341 e. The van der Waals surface area contributed by atoms with Crippen LogP contribution in [0.25, 0.3) is 0 Å². The maximum atomic E-state index is 12.5. The van der Waals surface area contributed by atoms with Crippen molar-refractivity contribution < 1.29 is 9.59 Å². The summed E-state index contributed by atoms with van der Waals surface area (Å²) in [5, 5.41) is 6.65. The van der Waals surface area contributed by atoms with Gasteiger partial charge in [-0.2, -0.15) is 5.10 Å². The van der Waals surface area contributed by atoms with Crippen LogP contribution in [-0.4, -0.2) is 58.0 Å². The number of amides is 2. The summed E-state index contributed by atoms with van der Waals surface area (Å²) >= 11 is 1.53. The molecule has 1 aliphatic heterocycles. The first-order valence-corrected chi connectivity index (χ1v) is 9.06. The molecular formula is C17H22N4O2S. The molecule has 0 aliphatic carbocycles. The standard InChI is InChI=1S/C17H22N4O2S/c1-13-3-5-15(24-13)17(23)21-8-2-7-20(9-10-21)16(22)6-4-14-11-18-19-12-14/h3,5,11-12H,2,4,6-10H2,1H3,(H,18,19). The van der Waals surface area contributed by atoms with E-state index in [4.69, 9.17) is 0 Å². The molecule has 0 aromatic carbocycles. The van der Waals surface area contributed by atoms with Gasteiger partial charge in [0.2, 0.25) is 5.91 Å². The summed E-state index contributed by atoms with van der Waals surface area (Å²) in [5.74, 6) is 0.235. The zero-order valence-corrected chi connectivity index (χ0v) is 14.6. The molecule has 3 rings (SSSR count). The monoisotopic (exact) mass is 346 g/mol. The van der Waals surface area contributed by atoms with Crippen molar-refractivity contribution >= 4 is 23.2 Å². The van der Waals surface area contributed by atoms with E-state index in [-0.39, 0.29) is 11.8 Å². The van der Waals surface area contributed by atoms with Gasteiger partial charge in [0.25, 0.3) is 5.91 Å². The first-order valence-electron chi connectivity index (χ1n) is 8.24. The summed E-state index contributed by atoms with van der Waals surface area (Å²) in [4.78, 5) is 30.6. The van der Waals surface area contributed by atoms with Crippen molar-refractivity contribution in [1.82, 2.24) is 20.0 Å². The molecule has 2 aromatic heterocycles. The number of H-pyrrole nitrogens is 1. The molecule has 0 saturated carbocycles. The largest absolute Gasteiger partial charge is 0.341 e. The summed E-state index contributed by atoms with van der Waals surface area (Å²) in [6.45, 7) is 4.65. The first-order chi connectivity index (χ1) is 11.6. The van der Waals surface area contributed by atoms with Gasteiger partial charge in [0.05, 0.1) is 11.1 Å². The van der Waals surface area contributed by atoms with Crippen LogP contribution in [0, 0.1) is 6.92 Å². The normalized spacial score (nSPS) is 15.4. The molecule has 0 unspecified atom stereocenters. The summed E-state index contributed by atoms with van der Waals surface area (Å²) in [6.07, 6.45) is 5.58. The minimum absolute atomic E-state index is 0.0841. The van der Waals surface area contributed by atoms with Crippen LogP contribution >= 0.6 is 11.3 Å². The fraction of sp³-hybridized carbons (Fsp3) is 0.471. The highest BCUT2D eigenvalue weighted by Crippen LogP contribution is 2.18. The Morgan fingerprint density at radius 1 is 1.21 bits per heavy atom. The molecule has 0 atom stereocenters. The zero-order chi connectivity index (χ0) is 16.9. The SMILES string of the molecule is Cc1ccc(C(=O)N2CCCN(C(=O)CCc3cn[nH]c3)CC2)s1. The number of aromatic nitrogens is 2. The van der Waals surface area contributed by atoms with Crippen molar-refractivity contribution in [2.75, 3.05) is 26.2 Å². The van der Waals surface area contributed by atoms with Gasteiger partial charge in [-0.3, -0.25) is 14.7 Å². The Morgan fingerprint density at radius 3 is 2.71 bits per heavy atom. The highest BCUT2D eigenvalue weighted by Gasteiger charge is 2.23. The van der Waals surface area contributed by atoms with E-state index < -0.39 is 0 Å². The Balaban J connectivity index is 1.52. The van der Waals surface area contributed by atoms with Crippen LogP contribution < -0.4 is 0 Å². The maximum absolute atomic E-state index is 12.5. The summed E-state index contributed by atoms with van der Waals surface area (Å²) < 4.78 is 0. The Labute approximate surface area is 145 Å². The third-order valence-corrected chi connectivity index (χ3v) is 5.26. The van der Waals surface area contributed by atoms with E-state index in [9.17, 15) is 9.59 Å². The highest BCUT2D eigenvalue weighted by molar-refractivity contribution is 7.13. The van der Waals surface area contributed by atoms with E-state index in [1.54, 1.807) is 6.20 Å². The van der Waals surface area contributed by atoms with Gasteiger partial charge < -0.3 is 9.80 Å². The topological polar surface area (TPSA) is 69.3 Å². The fourth-order valence-electron chi connectivity index (χ4n) is 2.90. The number of aromatic amines is 1. The second kappa shape index (κ2) is 7.61. The molecule has 0 radical (unpaired) electrons. The van der Waals surface area contributed by atoms with Crippen LogP contribution in [0.1, 0.15) is 33.0 Å². The number of carbonyl (C=O) groups is 2. The van der Waals surface area contributed by atoms with Gasteiger partial charge >= 0.3 is 0 Å². The van der Waals surface area contributed by atoms with Crippen LogP contribution in [0.5, 0.6) is 0 Å². The molecule has 0 bridgehead atoms. The lowest BCUT2D eigenvalue weighted by Gasteiger charge is -2.22. The van der Waals surface area contributed by atoms with Crippen molar-refractivity contribution in [2.24, 2.45) is 0 Å². The molecular weight excluding hydrogens is 324 g/mol. The van der Waals surface area contributed by atoms with Gasteiger partial charge in [-0.15, -0.1) is 11.3 Å². The van der Waals surface area contributed by atoms with Crippen molar-refractivity contribution in [2.45, 2.75) is 26.2 Å². The maximum Gasteiger partial charge on any atom is 0.263 e. The molecule has 1 aliphatic rings. The third-order valence-electron chi connectivity index (χ3n) is 4.27. The number of rotatable bonds is 4. The molecule has 6 nitrogen and oxygen atoms in total. The van der Waals surface area contributed by atoms with Gasteiger partial charge in [0.1, 0.15) is 0 Å². The Hall–Kier alpha value is -2.15. The second-order valence-electron chi connectivity index (χ2n) is 6.04. The Bertz CT molecular complexity index is 695. The summed E-state index contributed by atoms with van der Waals surface area (Å²) in [5.41, 5.74) is 1.04. The second-order valence-corrected chi connectivity index (χ2v) is 7.33. The molecule has 1 N–H and O–H groups in total. The van der Waals surface area contributed by atoms with E-state index in [1.807, 2.05) is 35.1 Å². The van der Waals surface area contributed by atoms with Gasteiger partial charge in [-0.25, -0.2) is 0 Å². The predicted octanol–water partition coefficient (Wildman–Crippen LogP) is 2.09. The van der Waals surface area contributed by atoms with E-state index in [2.05, 4.69) is 10.2 Å². The van der Waals surface area contributed by atoms with Crippen LogP contribution in [0.4, 0.5) is 0 Å². The molecule has 2 amide bonds. The zero-order valence-electron chi connectivity index (χ0n) is 13.8. The van der Waals surface area contributed by atoms with E-state index in [0.717, 1.165) is 28.3 Å². The molecule has 7 heteroatoms. The van der Waals surface area contributed by atoms with E-state index in [1.165, 1.54) is 11.3 Å². The first kappa shape index (κ1) is 16.7. The van der Waals surface area contributed by atoms with Crippen LogP contribution in [-0.2, 0) is 11.2 Å². The number of hydrogen-bond acceptors (Lipinski definition) is 4. The lowest BCUT2D eigenvalue weighted by molar-refractivity contribution is -0.131. The van der Waals surface area contributed by atoms with Crippen molar-refractivity contribution in [1.29, 1.82) is 0 Å². The quantitative estimate of drug-likeness (QED) is 0.921. The molecule has 0 spiro atoms. The van der Waals surface area contributed by atoms with Crippen molar-refractivity contribution in [3.05, 3.63) is 39.8 Å². The van der Waals surface area contributed by atoms with Crippen LogP contribution in [0.3, 0.4) is 0 Å². The number of aryl methyl sites for hydroxylation is 2. The molecule has 2 aromatic rings. The van der Waals surface area contributed by atoms with Gasteiger partial charge in [0.15, 0.2) is 0 Å². The van der Waals surface area contributed by atoms with Gasteiger partial charge in [0, 0.05) is 43.7 Å². The lowest BCUT2D eigenvalue weighted by Crippen LogP contribution is -2.37. The van der Waals surface area contributed by atoms with E-state index in [0.29, 0.717) is 32.5 Å². The lowest BCUT2D eigenvalue weighted by atomic mass is 10.2. The fourth-order valence-corrected chi connectivity index (χ4v) is 3.73. The van der Waals surface area contributed by atoms with Crippen molar-refractivity contribution in [3.63, 3.8) is 0 Å². The Kier molecular flexibility index (Phi) is 5.30. The number of nitrogens with zero attached hydrogens (tertiary/aromatic N) is 3. The number of hydrogen-bond donors (Lipinski definition) is 1. The number of thiophene rings is 1. The van der Waals surface area contributed by atoms with Gasteiger partial charge in [-0.05, 0) is 37.5 Å². The number of nitrogens with one attached hydrogen (secondary N) is 1. The Morgan fingerprint density at radius 2 is 2.00 bits per heavy atom. The number of carbonyl (C=O) groups excluding carboxylic acids is 2. The summed E-state index contributed by atoms with van der Waals surface area (Å²) in [7, 11) is 0. The minimum atomic E-state index is 0.0841. The van der Waals surface area contributed by atoms with Crippen LogP contribution in [0.15, 0.2) is 24.5 Å². The highest BCUT2D eigenvalue weighted by atomic mass is 32.1. The molecule has 1 saturated heterocycles. The molecule has 128 valence electrons. The smallest absolute Gasteiger partial charge is 0.263 e. The van der Waals surface area contributed by atoms with E-state index >= 15 is 0 Å². The third kappa shape index (κ3) is 4.03. The molecule has 3 heterocycles. The van der Waals surface area contributed by atoms with Gasteiger partial charge in [-0.1, -0.05) is 0 Å². The van der Waals surface area contributed by atoms with Crippen molar-refractivity contribution in [3.8, 4) is 0 Å². The predicted molar refractivity (Wildman–Crippen MR) is 93.1 cm³/mol. The molecule has 1 fully saturated rings. The molecule has 24 heavy (non-hydrogen) atoms.